The van der Waals surface area contributed by atoms with Gasteiger partial charge < -0.3 is 9.84 Å². The molecule has 0 saturated carbocycles. The van der Waals surface area contributed by atoms with Crippen LogP contribution in [-0.2, 0) is 6.18 Å². The van der Waals surface area contributed by atoms with E-state index in [0.717, 1.165) is 19.4 Å². The number of alkyl halides is 3. The van der Waals surface area contributed by atoms with Gasteiger partial charge in [0, 0.05) is 6.54 Å². The molecule has 0 aliphatic carbocycles. The van der Waals surface area contributed by atoms with Gasteiger partial charge in [-0.25, -0.2) is 0 Å². The molecule has 0 unspecified atom stereocenters. The van der Waals surface area contributed by atoms with Crippen molar-refractivity contribution in [1.29, 1.82) is 0 Å². The zero-order valence-electron chi connectivity index (χ0n) is 7.84. The summed E-state index contributed by atoms with van der Waals surface area (Å²) in [6.45, 7) is 1.48. The maximum atomic E-state index is 12.2. The predicted molar refractivity (Wildman–Crippen MR) is 44.1 cm³/mol. The van der Waals surface area contributed by atoms with Crippen LogP contribution >= 0.6 is 0 Å². The van der Waals surface area contributed by atoms with Gasteiger partial charge in [0.2, 0.25) is 5.89 Å². The first-order valence-corrected chi connectivity index (χ1v) is 4.69. The molecule has 1 aromatic heterocycles. The van der Waals surface area contributed by atoms with Crippen molar-refractivity contribution < 1.29 is 17.7 Å². The molecule has 1 N–H and O–H groups in total. The highest BCUT2D eigenvalue weighted by molar-refractivity contribution is 4.98. The second-order valence-electron chi connectivity index (χ2n) is 3.50. The topological polar surface area (TPSA) is 51.0 Å². The molecule has 0 spiro atoms. The summed E-state index contributed by atoms with van der Waals surface area (Å²) in [5.74, 6) is -1.21. The van der Waals surface area contributed by atoms with Crippen LogP contribution in [0.4, 0.5) is 13.2 Å². The summed E-state index contributed by atoms with van der Waals surface area (Å²) in [7, 11) is 0. The molecule has 1 saturated heterocycles. The molecule has 0 amide bonds. The van der Waals surface area contributed by atoms with E-state index in [1.165, 1.54) is 0 Å². The van der Waals surface area contributed by atoms with Gasteiger partial charge in [0.25, 0.3) is 5.82 Å². The van der Waals surface area contributed by atoms with Crippen LogP contribution in [0.2, 0.25) is 0 Å². The predicted octanol–water partition coefficient (Wildman–Crippen LogP) is 1.56. The lowest BCUT2D eigenvalue weighted by molar-refractivity contribution is -0.146. The highest BCUT2D eigenvalue weighted by Crippen LogP contribution is 2.29. The summed E-state index contributed by atoms with van der Waals surface area (Å²) in [4.78, 5) is 3.36. The average Bonchev–Trinajstić information content (AvgIpc) is 2.67. The van der Waals surface area contributed by atoms with Gasteiger partial charge in [0.15, 0.2) is 0 Å². The van der Waals surface area contributed by atoms with E-state index in [0.29, 0.717) is 6.54 Å². The van der Waals surface area contributed by atoms with Crippen LogP contribution < -0.4 is 5.32 Å². The molecule has 1 aliphatic rings. The Morgan fingerprint density at radius 2 is 2.20 bits per heavy atom. The van der Waals surface area contributed by atoms with Crippen molar-refractivity contribution in [3.8, 4) is 0 Å². The van der Waals surface area contributed by atoms with Crippen molar-refractivity contribution in [1.82, 2.24) is 15.5 Å². The van der Waals surface area contributed by atoms with E-state index in [1.54, 1.807) is 0 Å². The number of piperidine rings is 1. The minimum Gasteiger partial charge on any atom is -0.339 e. The Hall–Kier alpha value is -1.11. The van der Waals surface area contributed by atoms with Crippen molar-refractivity contribution in [2.24, 2.45) is 0 Å². The van der Waals surface area contributed by atoms with Crippen LogP contribution in [0.5, 0.6) is 0 Å². The van der Waals surface area contributed by atoms with Gasteiger partial charge in [-0.05, 0) is 19.4 Å². The van der Waals surface area contributed by atoms with Crippen molar-refractivity contribution in [2.45, 2.75) is 24.9 Å². The first kappa shape index (κ1) is 10.4. The standard InChI is InChI=1S/C8H10F3N3O/c9-8(10,11)7-13-6(15-14-7)5-2-1-3-12-4-5/h5,12H,1-4H2/t5-/m0/s1. The monoisotopic (exact) mass is 221 g/mol. The lowest BCUT2D eigenvalue weighted by atomic mass is 10.00. The van der Waals surface area contributed by atoms with Gasteiger partial charge in [-0.15, -0.1) is 0 Å². The molecule has 1 fully saturated rings. The largest absolute Gasteiger partial charge is 0.455 e. The van der Waals surface area contributed by atoms with Gasteiger partial charge in [-0.1, -0.05) is 5.16 Å². The van der Waals surface area contributed by atoms with Crippen LogP contribution in [0.25, 0.3) is 0 Å². The minimum atomic E-state index is -4.52. The molecule has 1 aromatic rings. The number of nitrogens with zero attached hydrogens (tertiary/aromatic N) is 2. The van der Waals surface area contributed by atoms with Crippen LogP contribution in [0, 0.1) is 0 Å². The SMILES string of the molecule is FC(F)(F)c1noc([C@H]2CCCNC2)n1. The fourth-order valence-electron chi connectivity index (χ4n) is 1.58. The zero-order valence-corrected chi connectivity index (χ0v) is 7.84. The Labute approximate surface area is 83.8 Å². The molecule has 4 nitrogen and oxygen atoms in total. The molecule has 7 heteroatoms. The zero-order chi connectivity index (χ0) is 10.9. The van der Waals surface area contributed by atoms with Crippen molar-refractivity contribution in [2.75, 3.05) is 13.1 Å². The Bertz CT molecular complexity index is 330. The quantitative estimate of drug-likeness (QED) is 0.781. The van der Waals surface area contributed by atoms with E-state index >= 15 is 0 Å². The molecule has 15 heavy (non-hydrogen) atoms. The maximum absolute atomic E-state index is 12.2. The molecule has 0 aromatic carbocycles. The highest BCUT2D eigenvalue weighted by Gasteiger charge is 2.38. The highest BCUT2D eigenvalue weighted by atomic mass is 19.4. The van der Waals surface area contributed by atoms with Crippen molar-refractivity contribution in [3.05, 3.63) is 11.7 Å². The second kappa shape index (κ2) is 3.80. The molecule has 84 valence electrons. The molecule has 2 rings (SSSR count). The summed E-state index contributed by atoms with van der Waals surface area (Å²) in [6.07, 6.45) is -2.83. The summed E-state index contributed by atoms with van der Waals surface area (Å²) < 4.78 is 41.1. The maximum Gasteiger partial charge on any atom is 0.455 e. The van der Waals surface area contributed by atoms with Crippen molar-refractivity contribution >= 4 is 0 Å². The third-order valence-corrected chi connectivity index (χ3v) is 2.34. The normalized spacial score (nSPS) is 23.0. The van der Waals surface area contributed by atoms with E-state index in [-0.39, 0.29) is 11.8 Å². The Morgan fingerprint density at radius 1 is 1.40 bits per heavy atom. The number of hydrogen-bond donors (Lipinski definition) is 1. The van der Waals surface area contributed by atoms with Crippen LogP contribution in [-0.4, -0.2) is 23.2 Å². The summed E-state index contributed by atoms with van der Waals surface area (Å²) >= 11 is 0. The Kier molecular flexibility index (Phi) is 2.64. The molecule has 1 aliphatic heterocycles. The number of nitrogens with one attached hydrogen (secondary N) is 1. The fraction of sp³-hybridized carbons (Fsp3) is 0.750. The third kappa shape index (κ3) is 2.28. The van der Waals surface area contributed by atoms with E-state index < -0.39 is 12.0 Å². The minimum absolute atomic E-state index is 0.0783. The Morgan fingerprint density at radius 3 is 2.73 bits per heavy atom. The lowest BCUT2D eigenvalue weighted by Crippen LogP contribution is -2.28. The molecular weight excluding hydrogens is 211 g/mol. The molecule has 0 radical (unpaired) electrons. The lowest BCUT2D eigenvalue weighted by Gasteiger charge is -2.18. The van der Waals surface area contributed by atoms with Crippen LogP contribution in [0.3, 0.4) is 0 Å². The van der Waals surface area contributed by atoms with Crippen LogP contribution in [0.1, 0.15) is 30.5 Å². The molecule has 0 bridgehead atoms. The van der Waals surface area contributed by atoms with E-state index in [2.05, 4.69) is 20.0 Å². The smallest absolute Gasteiger partial charge is 0.339 e. The van der Waals surface area contributed by atoms with Gasteiger partial charge >= 0.3 is 6.18 Å². The van der Waals surface area contributed by atoms with Crippen LogP contribution in [0.15, 0.2) is 4.52 Å². The summed E-state index contributed by atoms with van der Waals surface area (Å²) in [6, 6.07) is 0. The third-order valence-electron chi connectivity index (χ3n) is 2.34. The van der Waals surface area contributed by atoms with Gasteiger partial charge in [0.05, 0.1) is 5.92 Å². The van der Waals surface area contributed by atoms with Crippen molar-refractivity contribution in [3.63, 3.8) is 0 Å². The summed E-state index contributed by atoms with van der Waals surface area (Å²) in [5.41, 5.74) is 0. The van der Waals surface area contributed by atoms with E-state index in [9.17, 15) is 13.2 Å². The molecule has 1 atom stereocenters. The van der Waals surface area contributed by atoms with Gasteiger partial charge in [-0.3, -0.25) is 0 Å². The van der Waals surface area contributed by atoms with Gasteiger partial charge in [0.1, 0.15) is 0 Å². The van der Waals surface area contributed by atoms with Gasteiger partial charge in [-0.2, -0.15) is 18.2 Å². The molecular formula is C8H10F3N3O. The number of hydrogen-bond acceptors (Lipinski definition) is 4. The number of halogens is 3. The average molecular weight is 221 g/mol. The van der Waals surface area contributed by atoms with E-state index in [4.69, 9.17) is 0 Å². The molecule has 2 heterocycles. The fourth-order valence-corrected chi connectivity index (χ4v) is 1.58. The van der Waals surface area contributed by atoms with E-state index in [1.807, 2.05) is 0 Å². The number of rotatable bonds is 1. The Balaban J connectivity index is 2.12. The number of aromatic nitrogens is 2. The first-order valence-electron chi connectivity index (χ1n) is 4.69. The first-order chi connectivity index (χ1) is 7.07. The summed E-state index contributed by atoms with van der Waals surface area (Å²) in [5, 5.41) is 6.00. The second-order valence-corrected chi connectivity index (χ2v) is 3.50.